The highest BCUT2D eigenvalue weighted by Gasteiger charge is 2.10. The summed E-state index contributed by atoms with van der Waals surface area (Å²) in [6.07, 6.45) is 4.25. The van der Waals surface area contributed by atoms with Crippen LogP contribution in [-0.2, 0) is 6.54 Å². The molecule has 0 saturated carbocycles. The summed E-state index contributed by atoms with van der Waals surface area (Å²) in [4.78, 5) is 3.95. The third-order valence-electron chi connectivity index (χ3n) is 2.65. The molecule has 3 nitrogen and oxygen atoms in total. The van der Waals surface area contributed by atoms with E-state index in [0.29, 0.717) is 12.3 Å². The molecule has 0 spiro atoms. The van der Waals surface area contributed by atoms with E-state index in [4.69, 9.17) is 4.74 Å². The second-order valence-corrected chi connectivity index (χ2v) is 4.20. The molecule has 0 aliphatic carbocycles. The third-order valence-corrected chi connectivity index (χ3v) is 2.65. The fraction of sp³-hybridized carbons (Fsp3) is 0.267. The van der Waals surface area contributed by atoms with Gasteiger partial charge in [-0.25, -0.2) is 4.39 Å². The normalized spacial score (nSPS) is 10.4. The van der Waals surface area contributed by atoms with Crippen molar-refractivity contribution in [2.24, 2.45) is 0 Å². The summed E-state index contributed by atoms with van der Waals surface area (Å²) in [5.74, 6) is 0.433. The average molecular weight is 260 g/mol. The van der Waals surface area contributed by atoms with Crippen LogP contribution in [0.5, 0.6) is 11.5 Å². The van der Waals surface area contributed by atoms with Crippen LogP contribution in [0.25, 0.3) is 0 Å². The van der Waals surface area contributed by atoms with Gasteiger partial charge in [-0.3, -0.25) is 4.98 Å². The van der Waals surface area contributed by atoms with E-state index in [-0.39, 0.29) is 11.6 Å². The van der Waals surface area contributed by atoms with Gasteiger partial charge in [-0.2, -0.15) is 0 Å². The van der Waals surface area contributed by atoms with Gasteiger partial charge in [0, 0.05) is 18.3 Å². The summed E-state index contributed by atoms with van der Waals surface area (Å²) in [6.45, 7) is 3.57. The minimum absolute atomic E-state index is 0.263. The Morgan fingerprint density at radius 1 is 1.26 bits per heavy atom. The maximum Gasteiger partial charge on any atom is 0.167 e. The number of rotatable bonds is 6. The Kier molecular flexibility index (Phi) is 4.86. The van der Waals surface area contributed by atoms with Crippen LogP contribution < -0.4 is 10.1 Å². The molecule has 0 amide bonds. The minimum atomic E-state index is -0.361. The van der Waals surface area contributed by atoms with Crippen molar-refractivity contribution < 1.29 is 9.13 Å². The van der Waals surface area contributed by atoms with Crippen LogP contribution in [0.15, 0.2) is 42.7 Å². The molecular formula is C15H17FN2O. The van der Waals surface area contributed by atoms with Crippen molar-refractivity contribution in [1.29, 1.82) is 0 Å². The highest BCUT2D eigenvalue weighted by Crippen LogP contribution is 2.27. The molecule has 0 aliphatic heterocycles. The number of nitrogens with zero attached hydrogens (tertiary/aromatic N) is 1. The number of nitrogens with one attached hydrogen (secondary N) is 1. The second-order valence-electron chi connectivity index (χ2n) is 4.20. The molecule has 1 aromatic heterocycles. The molecule has 0 radical (unpaired) electrons. The van der Waals surface area contributed by atoms with Gasteiger partial charge in [-0.15, -0.1) is 0 Å². The Labute approximate surface area is 112 Å². The summed E-state index contributed by atoms with van der Waals surface area (Å²) < 4.78 is 19.5. The Bertz CT molecular complexity index is 517. The average Bonchev–Trinajstić information content (AvgIpc) is 2.44. The third kappa shape index (κ3) is 3.76. The topological polar surface area (TPSA) is 34.1 Å². The molecular weight excluding hydrogens is 243 g/mol. The van der Waals surface area contributed by atoms with E-state index in [1.54, 1.807) is 30.6 Å². The lowest BCUT2D eigenvalue weighted by Gasteiger charge is -2.12. The highest BCUT2D eigenvalue weighted by atomic mass is 19.1. The van der Waals surface area contributed by atoms with Crippen molar-refractivity contribution >= 4 is 0 Å². The monoisotopic (exact) mass is 260 g/mol. The zero-order valence-electron chi connectivity index (χ0n) is 10.9. The first-order valence-corrected chi connectivity index (χ1v) is 6.37. The standard InChI is InChI=1S/C15H17FN2O/c1-2-8-17-10-12-5-3-7-14(16)15(12)19-13-6-4-9-18-11-13/h3-7,9,11,17H,2,8,10H2,1H3. The van der Waals surface area contributed by atoms with Crippen LogP contribution in [0.2, 0.25) is 0 Å². The van der Waals surface area contributed by atoms with Gasteiger partial charge in [-0.05, 0) is 31.2 Å². The molecule has 0 fully saturated rings. The predicted octanol–water partition coefficient (Wildman–Crippen LogP) is 3.51. The lowest BCUT2D eigenvalue weighted by molar-refractivity contribution is 0.432. The van der Waals surface area contributed by atoms with Crippen molar-refractivity contribution in [3.8, 4) is 11.5 Å². The quantitative estimate of drug-likeness (QED) is 0.807. The van der Waals surface area contributed by atoms with E-state index in [2.05, 4.69) is 17.2 Å². The van der Waals surface area contributed by atoms with Crippen LogP contribution in [0.1, 0.15) is 18.9 Å². The fourth-order valence-electron chi connectivity index (χ4n) is 1.73. The van der Waals surface area contributed by atoms with Crippen molar-refractivity contribution in [2.45, 2.75) is 19.9 Å². The maximum atomic E-state index is 13.9. The molecule has 1 aromatic carbocycles. The molecule has 1 N–H and O–H groups in total. The summed E-state index contributed by atoms with van der Waals surface area (Å²) in [5.41, 5.74) is 0.803. The van der Waals surface area contributed by atoms with Crippen LogP contribution in [0, 0.1) is 5.82 Å². The van der Waals surface area contributed by atoms with E-state index in [0.717, 1.165) is 18.5 Å². The molecule has 19 heavy (non-hydrogen) atoms. The Morgan fingerprint density at radius 2 is 2.16 bits per heavy atom. The number of halogens is 1. The van der Waals surface area contributed by atoms with Gasteiger partial charge in [0.1, 0.15) is 5.75 Å². The summed E-state index contributed by atoms with van der Waals surface area (Å²) >= 11 is 0. The largest absolute Gasteiger partial charge is 0.452 e. The van der Waals surface area contributed by atoms with E-state index in [1.807, 2.05) is 6.07 Å². The van der Waals surface area contributed by atoms with Crippen LogP contribution in [-0.4, -0.2) is 11.5 Å². The van der Waals surface area contributed by atoms with Crippen molar-refractivity contribution in [3.05, 3.63) is 54.1 Å². The molecule has 4 heteroatoms. The van der Waals surface area contributed by atoms with Crippen LogP contribution >= 0.6 is 0 Å². The van der Waals surface area contributed by atoms with E-state index in [9.17, 15) is 4.39 Å². The molecule has 0 atom stereocenters. The highest BCUT2D eigenvalue weighted by molar-refractivity contribution is 5.38. The molecule has 0 bridgehead atoms. The summed E-state index contributed by atoms with van der Waals surface area (Å²) in [5, 5.41) is 3.24. The van der Waals surface area contributed by atoms with E-state index >= 15 is 0 Å². The Morgan fingerprint density at radius 3 is 2.89 bits per heavy atom. The molecule has 2 rings (SSSR count). The van der Waals surface area contributed by atoms with Gasteiger partial charge in [0.15, 0.2) is 11.6 Å². The number of hydrogen-bond acceptors (Lipinski definition) is 3. The maximum absolute atomic E-state index is 13.9. The predicted molar refractivity (Wildman–Crippen MR) is 72.7 cm³/mol. The fourth-order valence-corrected chi connectivity index (χ4v) is 1.73. The molecule has 0 saturated heterocycles. The number of para-hydroxylation sites is 1. The number of aromatic nitrogens is 1. The van der Waals surface area contributed by atoms with Gasteiger partial charge < -0.3 is 10.1 Å². The molecule has 0 aliphatic rings. The Hall–Kier alpha value is -1.94. The zero-order chi connectivity index (χ0) is 13.5. The molecule has 1 heterocycles. The molecule has 2 aromatic rings. The van der Waals surface area contributed by atoms with Gasteiger partial charge in [0.05, 0.1) is 6.20 Å². The molecule has 0 unspecified atom stereocenters. The lowest BCUT2D eigenvalue weighted by atomic mass is 10.2. The smallest absolute Gasteiger partial charge is 0.167 e. The summed E-state index contributed by atoms with van der Waals surface area (Å²) in [7, 11) is 0. The molecule has 100 valence electrons. The first-order chi connectivity index (χ1) is 9.31. The van der Waals surface area contributed by atoms with Gasteiger partial charge in [0.25, 0.3) is 0 Å². The number of pyridine rings is 1. The number of ether oxygens (including phenoxy) is 1. The second kappa shape index (κ2) is 6.85. The van der Waals surface area contributed by atoms with Crippen molar-refractivity contribution in [3.63, 3.8) is 0 Å². The summed E-state index contributed by atoms with van der Waals surface area (Å²) in [6, 6.07) is 8.45. The van der Waals surface area contributed by atoms with E-state index < -0.39 is 0 Å². The van der Waals surface area contributed by atoms with Gasteiger partial charge in [-0.1, -0.05) is 19.1 Å². The van der Waals surface area contributed by atoms with Crippen molar-refractivity contribution in [2.75, 3.05) is 6.54 Å². The lowest BCUT2D eigenvalue weighted by Crippen LogP contribution is -2.14. The minimum Gasteiger partial charge on any atom is -0.452 e. The van der Waals surface area contributed by atoms with Crippen LogP contribution in [0.4, 0.5) is 4.39 Å². The first kappa shape index (κ1) is 13.5. The van der Waals surface area contributed by atoms with Gasteiger partial charge in [0.2, 0.25) is 0 Å². The Balaban J connectivity index is 2.18. The first-order valence-electron chi connectivity index (χ1n) is 6.37. The van der Waals surface area contributed by atoms with E-state index in [1.165, 1.54) is 6.07 Å². The van der Waals surface area contributed by atoms with Crippen molar-refractivity contribution in [1.82, 2.24) is 10.3 Å². The van der Waals surface area contributed by atoms with Gasteiger partial charge >= 0.3 is 0 Å². The SMILES string of the molecule is CCCNCc1cccc(F)c1Oc1cccnc1. The van der Waals surface area contributed by atoms with Crippen LogP contribution in [0.3, 0.4) is 0 Å². The zero-order valence-corrected chi connectivity index (χ0v) is 10.9. The number of hydrogen-bond donors (Lipinski definition) is 1. The number of benzene rings is 1.